The molecule has 1 spiro atoms. The molecule has 7 heteroatoms. The van der Waals surface area contributed by atoms with Gasteiger partial charge in [0.05, 0.1) is 6.54 Å². The summed E-state index contributed by atoms with van der Waals surface area (Å²) in [7, 11) is 0. The van der Waals surface area contributed by atoms with Crippen molar-refractivity contribution in [2.24, 2.45) is 5.73 Å². The molecule has 2 rings (SSSR count). The predicted molar refractivity (Wildman–Crippen MR) is 63.5 cm³/mol. The number of imide groups is 1. The Bertz CT molecular complexity index is 415. The molecule has 4 N–H and O–H groups in total. The van der Waals surface area contributed by atoms with E-state index in [1.807, 2.05) is 0 Å². The minimum absolute atomic E-state index is 0.0895. The summed E-state index contributed by atoms with van der Waals surface area (Å²) in [4.78, 5) is 36.4. The SMILES string of the molecule is CC(C)(N)CC(=O)N1CCC2(C1)NC(=O)NC2=O. The summed E-state index contributed by atoms with van der Waals surface area (Å²) in [5.74, 6) is -0.442. The van der Waals surface area contributed by atoms with Crippen LogP contribution in [0.25, 0.3) is 0 Å². The fourth-order valence-corrected chi connectivity index (χ4v) is 2.34. The van der Waals surface area contributed by atoms with E-state index in [1.165, 1.54) is 0 Å². The first-order chi connectivity index (χ1) is 8.22. The third kappa shape index (κ3) is 2.31. The van der Waals surface area contributed by atoms with Crippen LogP contribution in [0.15, 0.2) is 0 Å². The molecule has 0 bridgehead atoms. The summed E-state index contributed by atoms with van der Waals surface area (Å²) in [5, 5.41) is 4.81. The number of likely N-dealkylation sites (tertiary alicyclic amines) is 1. The summed E-state index contributed by atoms with van der Waals surface area (Å²) in [6.07, 6.45) is 0.667. The zero-order chi connectivity index (χ0) is 13.6. The van der Waals surface area contributed by atoms with Gasteiger partial charge in [-0.25, -0.2) is 4.79 Å². The topological polar surface area (TPSA) is 105 Å². The molecule has 2 fully saturated rings. The summed E-state index contributed by atoms with van der Waals surface area (Å²) in [5.41, 5.74) is 4.29. The van der Waals surface area contributed by atoms with Gasteiger partial charge in [-0.15, -0.1) is 0 Å². The summed E-state index contributed by atoms with van der Waals surface area (Å²) in [6.45, 7) is 4.24. The zero-order valence-electron chi connectivity index (χ0n) is 10.6. The molecule has 0 aliphatic carbocycles. The fourth-order valence-electron chi connectivity index (χ4n) is 2.34. The lowest BCUT2D eigenvalue weighted by molar-refractivity contribution is -0.131. The van der Waals surface area contributed by atoms with Crippen molar-refractivity contribution in [3.8, 4) is 0 Å². The molecule has 0 saturated carbocycles. The Morgan fingerprint density at radius 2 is 2.17 bits per heavy atom. The second-order valence-corrected chi connectivity index (χ2v) is 5.72. The molecule has 1 unspecified atom stereocenters. The summed E-state index contributed by atoms with van der Waals surface area (Å²) >= 11 is 0. The Labute approximate surface area is 105 Å². The Hall–Kier alpha value is -1.63. The van der Waals surface area contributed by atoms with Gasteiger partial charge in [0.15, 0.2) is 0 Å². The van der Waals surface area contributed by atoms with Crippen molar-refractivity contribution in [1.29, 1.82) is 0 Å². The molecule has 100 valence electrons. The molecule has 0 aromatic heterocycles. The van der Waals surface area contributed by atoms with Gasteiger partial charge in [0, 0.05) is 18.5 Å². The zero-order valence-corrected chi connectivity index (χ0v) is 10.6. The lowest BCUT2D eigenvalue weighted by atomic mass is 9.99. The number of hydrogen-bond acceptors (Lipinski definition) is 4. The molecule has 2 heterocycles. The fraction of sp³-hybridized carbons (Fsp3) is 0.727. The van der Waals surface area contributed by atoms with E-state index in [2.05, 4.69) is 10.6 Å². The van der Waals surface area contributed by atoms with E-state index in [-0.39, 0.29) is 24.8 Å². The number of carbonyl (C=O) groups excluding carboxylic acids is 3. The highest BCUT2D eigenvalue weighted by atomic mass is 16.2. The molecule has 2 aliphatic rings. The van der Waals surface area contributed by atoms with E-state index in [1.54, 1.807) is 18.7 Å². The van der Waals surface area contributed by atoms with Crippen LogP contribution in [0.3, 0.4) is 0 Å². The Morgan fingerprint density at radius 3 is 2.67 bits per heavy atom. The van der Waals surface area contributed by atoms with Crippen LogP contribution in [0.4, 0.5) is 4.79 Å². The summed E-state index contributed by atoms with van der Waals surface area (Å²) < 4.78 is 0. The largest absolute Gasteiger partial charge is 0.340 e. The van der Waals surface area contributed by atoms with Crippen molar-refractivity contribution in [3.05, 3.63) is 0 Å². The minimum atomic E-state index is -0.939. The molecule has 18 heavy (non-hydrogen) atoms. The first-order valence-corrected chi connectivity index (χ1v) is 5.92. The quantitative estimate of drug-likeness (QED) is 0.545. The van der Waals surface area contributed by atoms with Gasteiger partial charge >= 0.3 is 6.03 Å². The average Bonchev–Trinajstić information content (AvgIpc) is 2.70. The van der Waals surface area contributed by atoms with Crippen LogP contribution < -0.4 is 16.4 Å². The lowest BCUT2D eigenvalue weighted by Crippen LogP contribution is -2.50. The van der Waals surface area contributed by atoms with Crippen molar-refractivity contribution in [1.82, 2.24) is 15.5 Å². The highest BCUT2D eigenvalue weighted by molar-refractivity contribution is 6.07. The molecule has 2 aliphatic heterocycles. The Balaban J connectivity index is 2.03. The number of urea groups is 1. The maximum absolute atomic E-state index is 12.0. The normalized spacial score (nSPS) is 27.6. The van der Waals surface area contributed by atoms with Crippen LogP contribution in [-0.4, -0.2) is 46.9 Å². The molecular formula is C11H18N4O3. The second-order valence-electron chi connectivity index (χ2n) is 5.72. The van der Waals surface area contributed by atoms with E-state index in [0.717, 1.165) is 0 Å². The van der Waals surface area contributed by atoms with Gasteiger partial charge in [-0.05, 0) is 20.3 Å². The summed E-state index contributed by atoms with van der Waals surface area (Å²) in [6, 6.07) is -0.492. The van der Waals surface area contributed by atoms with E-state index in [4.69, 9.17) is 5.73 Å². The van der Waals surface area contributed by atoms with Crippen molar-refractivity contribution >= 4 is 17.8 Å². The average molecular weight is 254 g/mol. The first kappa shape index (κ1) is 12.8. The number of rotatable bonds is 2. The lowest BCUT2D eigenvalue weighted by Gasteiger charge is -2.24. The molecule has 2 saturated heterocycles. The van der Waals surface area contributed by atoms with Crippen molar-refractivity contribution < 1.29 is 14.4 Å². The molecule has 7 nitrogen and oxygen atoms in total. The van der Waals surface area contributed by atoms with Gasteiger partial charge in [0.1, 0.15) is 5.54 Å². The van der Waals surface area contributed by atoms with Crippen LogP contribution in [0, 0.1) is 0 Å². The molecule has 0 radical (unpaired) electrons. The van der Waals surface area contributed by atoms with Gasteiger partial charge in [0.25, 0.3) is 5.91 Å². The van der Waals surface area contributed by atoms with Gasteiger partial charge in [0.2, 0.25) is 5.91 Å². The smallest absolute Gasteiger partial charge is 0.322 e. The number of nitrogens with one attached hydrogen (secondary N) is 2. The van der Waals surface area contributed by atoms with Crippen molar-refractivity contribution in [3.63, 3.8) is 0 Å². The molecule has 0 aromatic carbocycles. The van der Waals surface area contributed by atoms with Gasteiger partial charge in [-0.2, -0.15) is 0 Å². The first-order valence-electron chi connectivity index (χ1n) is 5.92. The minimum Gasteiger partial charge on any atom is -0.340 e. The third-order valence-corrected chi connectivity index (χ3v) is 3.24. The number of hydrogen-bond donors (Lipinski definition) is 3. The third-order valence-electron chi connectivity index (χ3n) is 3.24. The second kappa shape index (κ2) is 3.94. The van der Waals surface area contributed by atoms with E-state index in [0.29, 0.717) is 13.0 Å². The van der Waals surface area contributed by atoms with E-state index in [9.17, 15) is 14.4 Å². The van der Waals surface area contributed by atoms with Gasteiger partial charge in [-0.3, -0.25) is 14.9 Å². The highest BCUT2D eigenvalue weighted by Gasteiger charge is 2.51. The van der Waals surface area contributed by atoms with Crippen molar-refractivity contribution in [2.75, 3.05) is 13.1 Å². The van der Waals surface area contributed by atoms with E-state index < -0.39 is 17.1 Å². The van der Waals surface area contributed by atoms with Crippen molar-refractivity contribution in [2.45, 2.75) is 37.8 Å². The molecule has 0 aromatic rings. The molecule has 1 atom stereocenters. The van der Waals surface area contributed by atoms with Gasteiger partial charge in [-0.1, -0.05) is 0 Å². The Morgan fingerprint density at radius 1 is 1.50 bits per heavy atom. The van der Waals surface area contributed by atoms with Crippen LogP contribution in [0.5, 0.6) is 0 Å². The van der Waals surface area contributed by atoms with Crippen LogP contribution in [0.2, 0.25) is 0 Å². The van der Waals surface area contributed by atoms with Crippen LogP contribution >= 0.6 is 0 Å². The molecule has 4 amide bonds. The molecular weight excluding hydrogens is 236 g/mol. The highest BCUT2D eigenvalue weighted by Crippen LogP contribution is 2.25. The number of nitrogens with zero attached hydrogens (tertiary/aromatic N) is 1. The maximum Gasteiger partial charge on any atom is 0.322 e. The van der Waals surface area contributed by atoms with Crippen LogP contribution in [0.1, 0.15) is 26.7 Å². The standard InChI is InChI=1S/C11H18N4O3/c1-10(2,12)5-7(16)15-4-3-11(6-15)8(17)13-9(18)14-11/h3-6,12H2,1-2H3,(H2,13,14,17,18). The monoisotopic (exact) mass is 254 g/mol. The number of carbonyl (C=O) groups is 3. The van der Waals surface area contributed by atoms with Gasteiger partial charge < -0.3 is 16.0 Å². The maximum atomic E-state index is 12.0. The Kier molecular flexibility index (Phi) is 2.81. The predicted octanol–water partition coefficient (Wildman–Crippen LogP) is -1.08. The van der Waals surface area contributed by atoms with Crippen LogP contribution in [-0.2, 0) is 9.59 Å². The van der Waals surface area contributed by atoms with E-state index >= 15 is 0 Å². The number of amides is 4. The number of nitrogens with two attached hydrogens (primary N) is 1.